The smallest absolute Gasteiger partial charge is 0.206 e. The standard InChI is InChI=1S/C28H39F5/c1-2-3-4-5-20-6-8-21(9-7-20)10-11-22-12-14-23(15-13-22)24-18-26(29)25(27(30)19-24)16-17-28(31,32)33/h16-23H,2-15H2,1H3. The molecule has 5 heteroatoms. The van der Waals surface area contributed by atoms with E-state index >= 15 is 0 Å². The number of benzene rings is 1. The molecule has 186 valence electrons. The van der Waals surface area contributed by atoms with E-state index in [0.717, 1.165) is 37.5 Å². The summed E-state index contributed by atoms with van der Waals surface area (Å²) in [5.41, 5.74) is -0.0427. The molecule has 0 aromatic heterocycles. The molecule has 1 aromatic carbocycles. The van der Waals surface area contributed by atoms with Crippen molar-refractivity contribution in [2.75, 3.05) is 0 Å². The van der Waals surface area contributed by atoms with Gasteiger partial charge in [0.05, 0.1) is 0 Å². The van der Waals surface area contributed by atoms with E-state index in [2.05, 4.69) is 6.92 Å². The largest absolute Gasteiger partial charge is 0.409 e. The number of unbranched alkanes of at least 4 members (excludes halogenated alkanes) is 2. The average molecular weight is 471 g/mol. The quantitative estimate of drug-likeness (QED) is 0.249. The molecular formula is C28H39F5. The van der Waals surface area contributed by atoms with Crippen LogP contribution in [-0.2, 0) is 0 Å². The SMILES string of the molecule is CCCCCC1CCC(CCC2CCC(c3cc(F)c(C=CC(F)(F)F)c(F)c3)CC2)CC1. The number of allylic oxidation sites excluding steroid dienone is 1. The van der Waals surface area contributed by atoms with Gasteiger partial charge in [0, 0.05) is 11.6 Å². The summed E-state index contributed by atoms with van der Waals surface area (Å²) in [6.45, 7) is 2.26. The Hall–Kier alpha value is -1.39. The molecule has 0 N–H and O–H groups in total. The summed E-state index contributed by atoms with van der Waals surface area (Å²) in [7, 11) is 0. The van der Waals surface area contributed by atoms with Gasteiger partial charge in [0.1, 0.15) is 11.6 Å². The highest BCUT2D eigenvalue weighted by molar-refractivity contribution is 5.52. The molecular weight excluding hydrogens is 431 g/mol. The molecule has 0 unspecified atom stereocenters. The Kier molecular flexibility index (Phi) is 9.81. The Balaban J connectivity index is 1.42. The number of rotatable bonds is 9. The van der Waals surface area contributed by atoms with Crippen molar-refractivity contribution >= 4 is 6.08 Å². The Labute approximate surface area is 196 Å². The predicted molar refractivity (Wildman–Crippen MR) is 125 cm³/mol. The van der Waals surface area contributed by atoms with Crippen LogP contribution in [0.5, 0.6) is 0 Å². The van der Waals surface area contributed by atoms with Gasteiger partial charge in [-0.1, -0.05) is 71.1 Å². The molecule has 0 radical (unpaired) electrons. The van der Waals surface area contributed by atoms with Crippen LogP contribution in [-0.4, -0.2) is 6.18 Å². The minimum atomic E-state index is -4.59. The summed E-state index contributed by atoms with van der Waals surface area (Å²) in [5.74, 6) is 0.748. The van der Waals surface area contributed by atoms with Crippen molar-refractivity contribution < 1.29 is 22.0 Å². The van der Waals surface area contributed by atoms with Gasteiger partial charge in [0.15, 0.2) is 0 Å². The second-order valence-corrected chi connectivity index (χ2v) is 10.5. The van der Waals surface area contributed by atoms with E-state index in [1.807, 2.05) is 0 Å². The van der Waals surface area contributed by atoms with E-state index in [9.17, 15) is 22.0 Å². The molecule has 0 aliphatic heterocycles. The monoisotopic (exact) mass is 470 g/mol. The van der Waals surface area contributed by atoms with Gasteiger partial charge in [-0.05, 0) is 73.1 Å². The second-order valence-electron chi connectivity index (χ2n) is 10.5. The van der Waals surface area contributed by atoms with Crippen LogP contribution < -0.4 is 0 Å². The van der Waals surface area contributed by atoms with Gasteiger partial charge in [-0.25, -0.2) is 8.78 Å². The molecule has 0 saturated heterocycles. The van der Waals surface area contributed by atoms with E-state index < -0.39 is 23.4 Å². The lowest BCUT2D eigenvalue weighted by Gasteiger charge is -2.32. The zero-order valence-corrected chi connectivity index (χ0v) is 19.9. The third kappa shape index (κ3) is 8.40. The highest BCUT2D eigenvalue weighted by Crippen LogP contribution is 2.41. The molecule has 0 bridgehead atoms. The van der Waals surface area contributed by atoms with Crippen LogP contribution >= 0.6 is 0 Å². The van der Waals surface area contributed by atoms with Crippen LogP contribution in [0.15, 0.2) is 18.2 Å². The maximum absolute atomic E-state index is 14.3. The van der Waals surface area contributed by atoms with Gasteiger partial charge in [-0.15, -0.1) is 0 Å². The third-order valence-corrected chi connectivity index (χ3v) is 8.02. The molecule has 0 nitrogen and oxygen atoms in total. The van der Waals surface area contributed by atoms with E-state index in [0.29, 0.717) is 17.6 Å². The lowest BCUT2D eigenvalue weighted by Crippen LogP contribution is -2.18. The number of hydrogen-bond donors (Lipinski definition) is 0. The fraction of sp³-hybridized carbons (Fsp3) is 0.714. The highest BCUT2D eigenvalue weighted by Gasteiger charge is 2.27. The Morgan fingerprint density at radius 1 is 0.758 bits per heavy atom. The first-order valence-corrected chi connectivity index (χ1v) is 13.0. The van der Waals surface area contributed by atoms with Gasteiger partial charge < -0.3 is 0 Å². The molecule has 0 heterocycles. The van der Waals surface area contributed by atoms with Gasteiger partial charge in [0.2, 0.25) is 0 Å². The van der Waals surface area contributed by atoms with Crippen LogP contribution in [0.25, 0.3) is 6.08 Å². The maximum Gasteiger partial charge on any atom is 0.409 e. The first-order valence-electron chi connectivity index (χ1n) is 13.0. The van der Waals surface area contributed by atoms with Gasteiger partial charge in [-0.2, -0.15) is 13.2 Å². The summed E-state index contributed by atoms with van der Waals surface area (Å²) >= 11 is 0. The Morgan fingerprint density at radius 2 is 1.24 bits per heavy atom. The van der Waals surface area contributed by atoms with Crippen LogP contribution in [0.2, 0.25) is 0 Å². The molecule has 33 heavy (non-hydrogen) atoms. The normalized spacial score (nSPS) is 26.7. The maximum atomic E-state index is 14.3. The predicted octanol–water partition coefficient (Wildman–Crippen LogP) is 9.98. The topological polar surface area (TPSA) is 0 Å². The summed E-state index contributed by atoms with van der Waals surface area (Å²) in [6, 6.07) is 2.45. The van der Waals surface area contributed by atoms with Gasteiger partial charge in [0.25, 0.3) is 0 Å². The van der Waals surface area contributed by atoms with Crippen LogP contribution in [0.3, 0.4) is 0 Å². The van der Waals surface area contributed by atoms with Gasteiger partial charge >= 0.3 is 6.18 Å². The van der Waals surface area contributed by atoms with Crippen molar-refractivity contribution in [3.8, 4) is 0 Å². The van der Waals surface area contributed by atoms with Crippen molar-refractivity contribution in [2.45, 2.75) is 109 Å². The van der Waals surface area contributed by atoms with Crippen molar-refractivity contribution in [1.82, 2.24) is 0 Å². The van der Waals surface area contributed by atoms with E-state index in [1.165, 1.54) is 76.3 Å². The molecule has 0 spiro atoms. The molecule has 2 saturated carbocycles. The van der Waals surface area contributed by atoms with Crippen molar-refractivity contribution in [1.29, 1.82) is 0 Å². The van der Waals surface area contributed by atoms with Crippen molar-refractivity contribution in [2.24, 2.45) is 17.8 Å². The molecule has 1 aromatic rings. The first kappa shape index (κ1) is 26.2. The number of alkyl halides is 3. The highest BCUT2D eigenvalue weighted by atomic mass is 19.4. The molecule has 3 rings (SSSR count). The van der Waals surface area contributed by atoms with E-state index in [4.69, 9.17) is 0 Å². The Bertz CT molecular complexity index is 727. The zero-order valence-electron chi connectivity index (χ0n) is 19.9. The molecule has 0 amide bonds. The fourth-order valence-electron chi connectivity index (χ4n) is 5.92. The molecule has 2 aliphatic rings. The summed E-state index contributed by atoms with van der Waals surface area (Å²) < 4.78 is 65.6. The van der Waals surface area contributed by atoms with Crippen molar-refractivity contribution in [3.05, 3.63) is 41.0 Å². The lowest BCUT2D eigenvalue weighted by molar-refractivity contribution is -0.0790. The van der Waals surface area contributed by atoms with Crippen LogP contribution in [0.4, 0.5) is 22.0 Å². The van der Waals surface area contributed by atoms with E-state index in [-0.39, 0.29) is 12.0 Å². The minimum Gasteiger partial charge on any atom is -0.206 e. The van der Waals surface area contributed by atoms with Crippen molar-refractivity contribution in [3.63, 3.8) is 0 Å². The average Bonchev–Trinajstić information content (AvgIpc) is 2.78. The van der Waals surface area contributed by atoms with Crippen LogP contribution in [0, 0.1) is 29.4 Å². The van der Waals surface area contributed by atoms with Crippen LogP contribution in [0.1, 0.15) is 114 Å². The fourth-order valence-corrected chi connectivity index (χ4v) is 5.92. The summed E-state index contributed by atoms with van der Waals surface area (Å²) in [5, 5.41) is 0. The third-order valence-electron chi connectivity index (χ3n) is 8.02. The molecule has 2 fully saturated rings. The zero-order chi connectivity index (χ0) is 23.8. The molecule has 0 atom stereocenters. The Morgan fingerprint density at radius 3 is 1.73 bits per heavy atom. The first-order chi connectivity index (χ1) is 15.7. The van der Waals surface area contributed by atoms with Gasteiger partial charge in [-0.3, -0.25) is 0 Å². The number of hydrogen-bond acceptors (Lipinski definition) is 0. The lowest BCUT2D eigenvalue weighted by atomic mass is 9.74. The summed E-state index contributed by atoms with van der Waals surface area (Å²) in [4.78, 5) is 0. The van der Waals surface area contributed by atoms with E-state index in [1.54, 1.807) is 0 Å². The second kappa shape index (κ2) is 12.4. The summed E-state index contributed by atoms with van der Waals surface area (Å²) in [6.07, 6.45) is 13.2. The molecule has 2 aliphatic carbocycles. The number of halogens is 5. The minimum absolute atomic E-state index is 0.0875.